The zero-order valence-electron chi connectivity index (χ0n) is 23.9. The highest BCUT2D eigenvalue weighted by atomic mass is 32.1. The topological polar surface area (TPSA) is 61.8 Å². The van der Waals surface area contributed by atoms with E-state index in [9.17, 15) is 9.59 Å². The average Bonchev–Trinajstić information content (AvgIpc) is 2.98. The Morgan fingerprint density at radius 1 is 0.463 bits per heavy atom. The van der Waals surface area contributed by atoms with E-state index < -0.39 is 0 Å². The van der Waals surface area contributed by atoms with Crippen LogP contribution in [0.2, 0.25) is 0 Å². The molecule has 0 aliphatic rings. The number of ether oxygens (including phenoxy) is 3. The van der Waals surface area contributed by atoms with Crippen LogP contribution in [0.5, 0.6) is 11.5 Å². The van der Waals surface area contributed by atoms with Gasteiger partial charge in [-0.2, -0.15) is 0 Å². The number of fused-ring (bicyclic) bond motifs is 2. The summed E-state index contributed by atoms with van der Waals surface area (Å²) >= 11 is 2.53. The third-order valence-corrected chi connectivity index (χ3v) is 8.90. The molecule has 4 aromatic rings. The second kappa shape index (κ2) is 17.9. The zero-order chi connectivity index (χ0) is 28.5. The number of rotatable bonds is 20. The Hall–Kier alpha value is -2.74. The van der Waals surface area contributed by atoms with Gasteiger partial charge in [0.1, 0.15) is 11.5 Å². The van der Waals surface area contributed by atoms with Gasteiger partial charge in [0.05, 0.1) is 13.2 Å². The normalized spacial score (nSPS) is 11.3. The molecule has 41 heavy (non-hydrogen) atoms. The molecule has 0 bridgehead atoms. The van der Waals surface area contributed by atoms with Crippen molar-refractivity contribution in [3.63, 3.8) is 0 Å². The summed E-state index contributed by atoms with van der Waals surface area (Å²) in [7, 11) is 0. The lowest BCUT2D eigenvalue weighted by Gasteiger charge is -2.09. The molecule has 0 saturated carbocycles. The van der Waals surface area contributed by atoms with Gasteiger partial charge in [0, 0.05) is 45.5 Å². The van der Waals surface area contributed by atoms with Gasteiger partial charge in [-0.3, -0.25) is 9.59 Å². The van der Waals surface area contributed by atoms with Gasteiger partial charge in [0.25, 0.3) is 0 Å². The molecule has 0 atom stereocenters. The van der Waals surface area contributed by atoms with Crippen molar-refractivity contribution in [2.45, 2.75) is 77.0 Å². The number of unbranched alkanes of at least 4 members (excludes halogenated alkanes) is 10. The van der Waals surface area contributed by atoms with Crippen molar-refractivity contribution in [1.29, 1.82) is 0 Å². The quantitative estimate of drug-likeness (QED) is 0.0956. The molecule has 0 amide bonds. The van der Waals surface area contributed by atoms with Crippen LogP contribution in [0.15, 0.2) is 70.3 Å². The third kappa shape index (κ3) is 10.9. The van der Waals surface area contributed by atoms with E-state index in [1.807, 2.05) is 48.5 Å². The van der Waals surface area contributed by atoms with Crippen LogP contribution in [0.25, 0.3) is 20.2 Å². The first-order chi connectivity index (χ1) is 20.2. The standard InChI is InChI=1S/C34H42O5S2/c35-33-25-29(27-17-9-11-19-31(27)40-33)38-23-15-7-3-1-5-13-21-37-22-14-6-2-4-8-16-24-39-30-26-34(36)41-32-20-12-10-18-28(30)32/h9-12,17-20,25-26H,1-8,13-16,21-24H2. The monoisotopic (exact) mass is 594 g/mol. The van der Waals surface area contributed by atoms with Crippen LogP contribution < -0.4 is 19.0 Å². The second-order valence-corrected chi connectivity index (χ2v) is 12.5. The summed E-state index contributed by atoms with van der Waals surface area (Å²) in [6.07, 6.45) is 13.9. The lowest BCUT2D eigenvalue weighted by molar-refractivity contribution is 0.125. The Morgan fingerprint density at radius 3 is 1.27 bits per heavy atom. The first kappa shape index (κ1) is 31.2. The van der Waals surface area contributed by atoms with Crippen molar-refractivity contribution in [2.75, 3.05) is 26.4 Å². The van der Waals surface area contributed by atoms with Crippen LogP contribution in [-0.2, 0) is 4.74 Å². The van der Waals surface area contributed by atoms with E-state index in [4.69, 9.17) is 14.2 Å². The van der Waals surface area contributed by atoms with Crippen molar-refractivity contribution >= 4 is 42.8 Å². The van der Waals surface area contributed by atoms with Gasteiger partial charge >= 0.3 is 0 Å². The van der Waals surface area contributed by atoms with Crippen LogP contribution >= 0.6 is 22.7 Å². The fraction of sp³-hybridized carbons (Fsp3) is 0.471. The molecular formula is C34H42O5S2. The molecule has 0 aliphatic carbocycles. The SMILES string of the molecule is O=c1cc(OCCCCCCCCOCCCCCCCCOc2cc(=O)sc3ccccc23)c2ccccc2s1. The van der Waals surface area contributed by atoms with Crippen molar-refractivity contribution in [3.05, 3.63) is 79.7 Å². The number of hydrogen-bond acceptors (Lipinski definition) is 7. The summed E-state index contributed by atoms with van der Waals surface area (Å²) in [5.41, 5.74) is 0. The van der Waals surface area contributed by atoms with Gasteiger partial charge in [-0.05, 0) is 49.9 Å². The molecule has 4 rings (SSSR count). The predicted molar refractivity (Wildman–Crippen MR) is 173 cm³/mol. The summed E-state index contributed by atoms with van der Waals surface area (Å²) in [6.45, 7) is 3.04. The summed E-state index contributed by atoms with van der Waals surface area (Å²) in [5.74, 6) is 1.43. The molecule has 220 valence electrons. The molecule has 0 N–H and O–H groups in total. The fourth-order valence-corrected chi connectivity index (χ4v) is 6.51. The minimum absolute atomic E-state index is 0.0398. The maximum Gasteiger partial charge on any atom is 0.236 e. The molecule has 2 heterocycles. The van der Waals surface area contributed by atoms with E-state index >= 15 is 0 Å². The highest BCUT2D eigenvalue weighted by Crippen LogP contribution is 2.27. The van der Waals surface area contributed by atoms with Crippen molar-refractivity contribution in [3.8, 4) is 11.5 Å². The maximum absolute atomic E-state index is 11.9. The van der Waals surface area contributed by atoms with Crippen LogP contribution in [0.3, 0.4) is 0 Å². The minimum atomic E-state index is 0.0398. The molecular weight excluding hydrogens is 553 g/mol. The van der Waals surface area contributed by atoms with Gasteiger partial charge in [-0.15, -0.1) is 0 Å². The van der Waals surface area contributed by atoms with Gasteiger partial charge in [-0.1, -0.05) is 98.3 Å². The second-order valence-electron chi connectivity index (χ2n) is 10.4. The third-order valence-electron chi connectivity index (χ3n) is 7.11. The van der Waals surface area contributed by atoms with E-state index in [-0.39, 0.29) is 9.48 Å². The molecule has 2 aromatic carbocycles. The molecule has 7 heteroatoms. The van der Waals surface area contributed by atoms with E-state index in [1.54, 1.807) is 12.1 Å². The number of benzene rings is 2. The van der Waals surface area contributed by atoms with E-state index in [0.717, 1.165) is 71.9 Å². The molecule has 0 spiro atoms. The van der Waals surface area contributed by atoms with Crippen LogP contribution in [0.4, 0.5) is 0 Å². The lowest BCUT2D eigenvalue weighted by atomic mass is 10.1. The molecule has 0 radical (unpaired) electrons. The summed E-state index contributed by atoms with van der Waals surface area (Å²) in [4.78, 5) is 23.8. The summed E-state index contributed by atoms with van der Waals surface area (Å²) < 4.78 is 19.7. The smallest absolute Gasteiger partial charge is 0.236 e. The Kier molecular flexibility index (Phi) is 13.7. The Labute approximate surface area is 251 Å². The molecule has 0 saturated heterocycles. The van der Waals surface area contributed by atoms with Gasteiger partial charge < -0.3 is 14.2 Å². The summed E-state index contributed by atoms with van der Waals surface area (Å²) in [5, 5.41) is 2.05. The van der Waals surface area contributed by atoms with Crippen LogP contribution in [-0.4, -0.2) is 26.4 Å². The average molecular weight is 595 g/mol. The zero-order valence-corrected chi connectivity index (χ0v) is 25.6. The van der Waals surface area contributed by atoms with Gasteiger partial charge in [0.15, 0.2) is 0 Å². The van der Waals surface area contributed by atoms with Crippen molar-refractivity contribution in [1.82, 2.24) is 0 Å². The van der Waals surface area contributed by atoms with Gasteiger partial charge in [-0.25, -0.2) is 0 Å². The van der Waals surface area contributed by atoms with E-state index in [2.05, 4.69) is 0 Å². The lowest BCUT2D eigenvalue weighted by Crippen LogP contribution is -2.01. The van der Waals surface area contributed by atoms with Gasteiger partial charge in [0.2, 0.25) is 9.48 Å². The molecule has 0 unspecified atom stereocenters. The summed E-state index contributed by atoms with van der Waals surface area (Å²) in [6, 6.07) is 19.1. The fourth-order valence-electron chi connectivity index (χ4n) is 4.90. The Morgan fingerprint density at radius 2 is 0.829 bits per heavy atom. The highest BCUT2D eigenvalue weighted by molar-refractivity contribution is 7.16. The molecule has 2 aromatic heterocycles. The maximum atomic E-state index is 11.9. The minimum Gasteiger partial charge on any atom is -0.493 e. The van der Waals surface area contributed by atoms with Crippen molar-refractivity contribution in [2.24, 2.45) is 0 Å². The molecule has 0 fully saturated rings. The predicted octanol–water partition coefficient (Wildman–Crippen LogP) is 8.99. The molecule has 5 nitrogen and oxygen atoms in total. The van der Waals surface area contributed by atoms with E-state index in [1.165, 1.54) is 61.2 Å². The largest absolute Gasteiger partial charge is 0.493 e. The molecule has 0 aliphatic heterocycles. The van der Waals surface area contributed by atoms with Crippen molar-refractivity contribution < 1.29 is 14.2 Å². The highest BCUT2D eigenvalue weighted by Gasteiger charge is 2.06. The first-order valence-electron chi connectivity index (χ1n) is 15.1. The van der Waals surface area contributed by atoms with E-state index in [0.29, 0.717) is 24.7 Å². The van der Waals surface area contributed by atoms with Crippen LogP contribution in [0, 0.1) is 0 Å². The first-order valence-corrected chi connectivity index (χ1v) is 16.7. The number of hydrogen-bond donors (Lipinski definition) is 0. The van der Waals surface area contributed by atoms with Crippen LogP contribution in [0.1, 0.15) is 77.0 Å². The Balaban J connectivity index is 0.909. The Bertz CT molecular complexity index is 1340.